The fraction of sp³-hybridized carbons (Fsp3) is 0.429. The van der Waals surface area contributed by atoms with Crippen molar-refractivity contribution in [2.75, 3.05) is 18.1 Å². The van der Waals surface area contributed by atoms with Crippen molar-refractivity contribution >= 4 is 5.69 Å². The van der Waals surface area contributed by atoms with Crippen molar-refractivity contribution in [3.8, 4) is 0 Å². The highest BCUT2D eigenvalue weighted by atomic mass is 15.3. The second kappa shape index (κ2) is 4.20. The van der Waals surface area contributed by atoms with Crippen LogP contribution in [-0.2, 0) is 0 Å². The van der Waals surface area contributed by atoms with Gasteiger partial charge in [0.2, 0.25) is 0 Å². The van der Waals surface area contributed by atoms with Gasteiger partial charge in [-0.1, -0.05) is 17.7 Å². The predicted octanol–water partition coefficient (Wildman–Crippen LogP) is 3.18. The number of anilines is 1. The largest absolute Gasteiger partial charge is 0.359 e. The van der Waals surface area contributed by atoms with Crippen LogP contribution < -0.4 is 4.90 Å². The lowest BCUT2D eigenvalue weighted by molar-refractivity contribution is 0.429. The maximum Gasteiger partial charge on any atom is 0.0941 e. The molecular formula is C14H20N2. The molecule has 2 rings (SSSR count). The van der Waals surface area contributed by atoms with Gasteiger partial charge in [-0.3, -0.25) is 0 Å². The number of aryl methyl sites for hydroxylation is 3. The molecule has 1 aromatic carbocycles. The summed E-state index contributed by atoms with van der Waals surface area (Å²) in [6.45, 7) is 10.8. The highest BCUT2D eigenvalue weighted by molar-refractivity contribution is 5.62. The summed E-state index contributed by atoms with van der Waals surface area (Å²) in [6.07, 6.45) is 4.34. The Bertz CT molecular complexity index is 398. The summed E-state index contributed by atoms with van der Waals surface area (Å²) in [5.41, 5.74) is 5.42. The van der Waals surface area contributed by atoms with Gasteiger partial charge in [0.05, 0.1) is 6.67 Å². The third-order valence-electron chi connectivity index (χ3n) is 3.12. The summed E-state index contributed by atoms with van der Waals surface area (Å²) in [6, 6.07) is 4.51. The van der Waals surface area contributed by atoms with Crippen LogP contribution in [0.1, 0.15) is 23.6 Å². The molecule has 2 nitrogen and oxygen atoms in total. The van der Waals surface area contributed by atoms with Crippen LogP contribution in [-0.4, -0.2) is 18.1 Å². The lowest BCUT2D eigenvalue weighted by Crippen LogP contribution is -2.25. The zero-order chi connectivity index (χ0) is 11.7. The third-order valence-corrected chi connectivity index (χ3v) is 3.12. The van der Waals surface area contributed by atoms with Crippen LogP contribution in [0.2, 0.25) is 0 Å². The van der Waals surface area contributed by atoms with Gasteiger partial charge >= 0.3 is 0 Å². The standard InChI is InChI=1S/C14H20N2/c1-5-15-6-7-16(10-15)14-12(3)8-11(2)9-13(14)4/h6-9H,5,10H2,1-4H3. The molecule has 0 bridgehead atoms. The van der Waals surface area contributed by atoms with E-state index in [0.717, 1.165) is 13.2 Å². The van der Waals surface area contributed by atoms with Gasteiger partial charge in [0.1, 0.15) is 0 Å². The zero-order valence-corrected chi connectivity index (χ0v) is 10.6. The molecule has 1 aromatic rings. The molecule has 0 aliphatic carbocycles. The van der Waals surface area contributed by atoms with Crippen LogP contribution in [0.25, 0.3) is 0 Å². The number of rotatable bonds is 2. The Hall–Kier alpha value is -1.44. The van der Waals surface area contributed by atoms with Gasteiger partial charge in [0.25, 0.3) is 0 Å². The minimum absolute atomic E-state index is 0.973. The first-order valence-corrected chi connectivity index (χ1v) is 5.88. The molecule has 86 valence electrons. The SMILES string of the molecule is CCN1C=CN(c2c(C)cc(C)cc2C)C1. The van der Waals surface area contributed by atoms with Gasteiger partial charge < -0.3 is 9.80 Å². The Morgan fingerprint density at radius 3 is 2.19 bits per heavy atom. The number of benzene rings is 1. The van der Waals surface area contributed by atoms with E-state index in [4.69, 9.17) is 0 Å². The molecule has 2 heteroatoms. The van der Waals surface area contributed by atoms with Crippen LogP contribution in [0.15, 0.2) is 24.5 Å². The molecule has 1 heterocycles. The van der Waals surface area contributed by atoms with Crippen molar-refractivity contribution in [1.82, 2.24) is 4.90 Å². The Balaban J connectivity index is 2.32. The van der Waals surface area contributed by atoms with Crippen molar-refractivity contribution in [3.05, 3.63) is 41.2 Å². The van der Waals surface area contributed by atoms with Gasteiger partial charge in [-0.15, -0.1) is 0 Å². The van der Waals surface area contributed by atoms with E-state index in [2.05, 4.69) is 62.0 Å². The van der Waals surface area contributed by atoms with E-state index in [9.17, 15) is 0 Å². The Morgan fingerprint density at radius 1 is 1.06 bits per heavy atom. The molecule has 0 spiro atoms. The van der Waals surface area contributed by atoms with Crippen LogP contribution in [0, 0.1) is 20.8 Å². The van der Waals surface area contributed by atoms with E-state index in [1.807, 2.05) is 0 Å². The lowest BCUT2D eigenvalue weighted by Gasteiger charge is -2.24. The molecule has 1 aliphatic heterocycles. The fourth-order valence-corrected chi connectivity index (χ4v) is 2.44. The Morgan fingerprint density at radius 2 is 1.69 bits per heavy atom. The van der Waals surface area contributed by atoms with Gasteiger partial charge in [-0.05, 0) is 38.8 Å². The van der Waals surface area contributed by atoms with Crippen molar-refractivity contribution in [2.24, 2.45) is 0 Å². The molecule has 0 radical (unpaired) electrons. The summed E-state index contributed by atoms with van der Waals surface area (Å²) < 4.78 is 0. The second-order valence-electron chi connectivity index (χ2n) is 4.56. The quantitative estimate of drug-likeness (QED) is 0.749. The van der Waals surface area contributed by atoms with E-state index in [-0.39, 0.29) is 0 Å². The summed E-state index contributed by atoms with van der Waals surface area (Å²) >= 11 is 0. The molecule has 0 atom stereocenters. The van der Waals surface area contributed by atoms with E-state index >= 15 is 0 Å². The minimum Gasteiger partial charge on any atom is -0.359 e. The molecule has 0 N–H and O–H groups in total. The molecular weight excluding hydrogens is 196 g/mol. The number of hydrogen-bond donors (Lipinski definition) is 0. The zero-order valence-electron chi connectivity index (χ0n) is 10.6. The van der Waals surface area contributed by atoms with E-state index in [1.54, 1.807) is 0 Å². The summed E-state index contributed by atoms with van der Waals surface area (Å²) in [5, 5.41) is 0. The van der Waals surface area contributed by atoms with Gasteiger partial charge in [0.15, 0.2) is 0 Å². The average molecular weight is 216 g/mol. The first kappa shape index (κ1) is 11.1. The van der Waals surface area contributed by atoms with Crippen LogP contribution in [0.4, 0.5) is 5.69 Å². The van der Waals surface area contributed by atoms with Gasteiger partial charge in [-0.25, -0.2) is 0 Å². The van der Waals surface area contributed by atoms with Crippen LogP contribution in [0.5, 0.6) is 0 Å². The molecule has 0 saturated heterocycles. The molecule has 0 fully saturated rings. The predicted molar refractivity (Wildman–Crippen MR) is 69.5 cm³/mol. The Labute approximate surface area is 98.2 Å². The normalized spacial score (nSPS) is 15.0. The van der Waals surface area contributed by atoms with Crippen LogP contribution in [0.3, 0.4) is 0 Å². The van der Waals surface area contributed by atoms with Crippen molar-refractivity contribution in [1.29, 1.82) is 0 Å². The molecule has 0 amide bonds. The highest BCUT2D eigenvalue weighted by Crippen LogP contribution is 2.28. The number of nitrogens with zero attached hydrogens (tertiary/aromatic N) is 2. The highest BCUT2D eigenvalue weighted by Gasteiger charge is 2.16. The molecule has 16 heavy (non-hydrogen) atoms. The second-order valence-corrected chi connectivity index (χ2v) is 4.56. The molecule has 0 saturated carbocycles. The topological polar surface area (TPSA) is 6.48 Å². The minimum atomic E-state index is 0.973. The summed E-state index contributed by atoms with van der Waals surface area (Å²) in [5.74, 6) is 0. The smallest absolute Gasteiger partial charge is 0.0941 e. The fourth-order valence-electron chi connectivity index (χ4n) is 2.44. The Kier molecular flexibility index (Phi) is 2.90. The maximum absolute atomic E-state index is 2.33. The van der Waals surface area contributed by atoms with Gasteiger partial charge in [0, 0.05) is 24.6 Å². The van der Waals surface area contributed by atoms with E-state index in [0.29, 0.717) is 0 Å². The van der Waals surface area contributed by atoms with Gasteiger partial charge in [-0.2, -0.15) is 0 Å². The van der Waals surface area contributed by atoms with Crippen molar-refractivity contribution < 1.29 is 0 Å². The maximum atomic E-state index is 2.33. The molecule has 0 unspecified atom stereocenters. The summed E-state index contributed by atoms with van der Waals surface area (Å²) in [7, 11) is 0. The monoisotopic (exact) mass is 216 g/mol. The first-order chi connectivity index (χ1) is 7.61. The van der Waals surface area contributed by atoms with E-state index in [1.165, 1.54) is 22.4 Å². The molecule has 0 aromatic heterocycles. The van der Waals surface area contributed by atoms with Crippen LogP contribution >= 0.6 is 0 Å². The van der Waals surface area contributed by atoms with Crippen molar-refractivity contribution in [3.63, 3.8) is 0 Å². The summed E-state index contributed by atoms with van der Waals surface area (Å²) in [4.78, 5) is 4.63. The van der Waals surface area contributed by atoms with E-state index < -0.39 is 0 Å². The third kappa shape index (κ3) is 1.92. The number of hydrogen-bond acceptors (Lipinski definition) is 2. The molecule has 1 aliphatic rings. The van der Waals surface area contributed by atoms with Crippen molar-refractivity contribution in [2.45, 2.75) is 27.7 Å². The average Bonchev–Trinajstić information content (AvgIpc) is 2.64. The first-order valence-electron chi connectivity index (χ1n) is 5.88. The lowest BCUT2D eigenvalue weighted by atomic mass is 10.0.